The van der Waals surface area contributed by atoms with Crippen LogP contribution in [0.3, 0.4) is 0 Å². The molecule has 8 heteroatoms. The highest BCUT2D eigenvalue weighted by atomic mass is 16.5. The van der Waals surface area contributed by atoms with Crippen molar-refractivity contribution in [2.45, 2.75) is 19.9 Å². The number of amides is 2. The summed E-state index contributed by atoms with van der Waals surface area (Å²) < 4.78 is 8.85. The van der Waals surface area contributed by atoms with Gasteiger partial charge in [-0.25, -0.2) is 9.59 Å². The maximum Gasteiger partial charge on any atom is 0.332 e. The van der Waals surface area contributed by atoms with Crippen LogP contribution in [0.4, 0.5) is 0 Å². The van der Waals surface area contributed by atoms with Crippen LogP contribution in [0.1, 0.15) is 13.8 Å². The van der Waals surface area contributed by atoms with E-state index in [-0.39, 0.29) is 12.6 Å². The maximum atomic E-state index is 11.4. The number of nitrogens with one attached hydrogen (secondary N) is 2. The molecule has 2 N–H and O–H groups in total. The van der Waals surface area contributed by atoms with Gasteiger partial charge in [0.05, 0.1) is 7.11 Å². The summed E-state index contributed by atoms with van der Waals surface area (Å²) >= 11 is 0. The topological polar surface area (TPSA) is 111 Å². The number of methoxy groups -OCH3 is 1. The van der Waals surface area contributed by atoms with Gasteiger partial charge in [-0.2, -0.15) is 0 Å². The first-order chi connectivity index (χ1) is 8.86. The number of esters is 2. The van der Waals surface area contributed by atoms with Crippen LogP contribution in [0.15, 0.2) is 12.2 Å². The smallest absolute Gasteiger partial charge is 0.332 e. The zero-order valence-corrected chi connectivity index (χ0v) is 10.9. The molecule has 0 spiro atoms. The zero-order valence-electron chi connectivity index (χ0n) is 10.9. The fourth-order valence-corrected chi connectivity index (χ4v) is 0.954. The molecule has 0 aromatic rings. The van der Waals surface area contributed by atoms with Gasteiger partial charge in [-0.1, -0.05) is 0 Å². The van der Waals surface area contributed by atoms with Crippen molar-refractivity contribution in [3.63, 3.8) is 0 Å². The molecule has 0 heterocycles. The van der Waals surface area contributed by atoms with E-state index in [9.17, 15) is 19.2 Å². The number of ether oxygens (including phenoxy) is 2. The predicted molar refractivity (Wildman–Crippen MR) is 63.5 cm³/mol. The molecule has 8 nitrogen and oxygen atoms in total. The van der Waals surface area contributed by atoms with Crippen molar-refractivity contribution in [1.29, 1.82) is 0 Å². The molecule has 106 valence electrons. The summed E-state index contributed by atoms with van der Waals surface area (Å²) in [6.45, 7) is 2.39. The molecule has 0 aliphatic carbocycles. The van der Waals surface area contributed by atoms with E-state index in [0.29, 0.717) is 0 Å². The summed E-state index contributed by atoms with van der Waals surface area (Å²) in [7, 11) is 1.17. The molecule has 1 atom stereocenters. The van der Waals surface area contributed by atoms with Gasteiger partial charge in [0, 0.05) is 19.1 Å². The number of hydrogen-bond acceptors (Lipinski definition) is 6. The molecule has 19 heavy (non-hydrogen) atoms. The normalized spacial score (nSPS) is 11.5. The summed E-state index contributed by atoms with van der Waals surface area (Å²) in [6.07, 6.45) is 1.76. The van der Waals surface area contributed by atoms with E-state index in [1.54, 1.807) is 0 Å². The third-order valence-electron chi connectivity index (χ3n) is 1.83. The fraction of sp³-hybridized carbons (Fsp3) is 0.455. The lowest BCUT2D eigenvalue weighted by Crippen LogP contribution is -2.44. The number of carbonyl (C=O) groups is 4. The minimum atomic E-state index is -0.808. The van der Waals surface area contributed by atoms with Crippen molar-refractivity contribution in [2.75, 3.05) is 13.8 Å². The quantitative estimate of drug-likeness (QED) is 0.359. The van der Waals surface area contributed by atoms with E-state index < -0.39 is 23.9 Å². The Bertz CT molecular complexity index is 391. The van der Waals surface area contributed by atoms with Gasteiger partial charge in [-0.15, -0.1) is 0 Å². The van der Waals surface area contributed by atoms with Crippen molar-refractivity contribution in [3.05, 3.63) is 12.2 Å². The van der Waals surface area contributed by atoms with Crippen molar-refractivity contribution in [1.82, 2.24) is 10.6 Å². The van der Waals surface area contributed by atoms with Gasteiger partial charge in [0.25, 0.3) is 0 Å². The van der Waals surface area contributed by atoms with Crippen molar-refractivity contribution >= 4 is 23.8 Å². The first kappa shape index (κ1) is 16.6. The number of rotatable bonds is 6. The molecule has 0 fully saturated rings. The molecule has 0 rings (SSSR count). The minimum absolute atomic E-state index is 0.347. The second-order valence-corrected chi connectivity index (χ2v) is 3.43. The summed E-state index contributed by atoms with van der Waals surface area (Å²) in [4.78, 5) is 43.8. The van der Waals surface area contributed by atoms with E-state index in [4.69, 9.17) is 0 Å². The third-order valence-corrected chi connectivity index (χ3v) is 1.83. The van der Waals surface area contributed by atoms with Gasteiger partial charge in [0.15, 0.2) is 6.73 Å². The highest BCUT2D eigenvalue weighted by Crippen LogP contribution is 1.85. The average Bonchev–Trinajstić information content (AvgIpc) is 2.34. The Labute approximate surface area is 110 Å². The Balaban J connectivity index is 3.93. The number of carbonyl (C=O) groups excluding carboxylic acids is 4. The van der Waals surface area contributed by atoms with Crippen molar-refractivity contribution in [3.8, 4) is 0 Å². The third kappa shape index (κ3) is 8.36. The Morgan fingerprint density at radius 3 is 2.26 bits per heavy atom. The van der Waals surface area contributed by atoms with Gasteiger partial charge in [0.2, 0.25) is 11.8 Å². The Morgan fingerprint density at radius 1 is 1.16 bits per heavy atom. The fourth-order valence-electron chi connectivity index (χ4n) is 0.954. The highest BCUT2D eigenvalue weighted by molar-refractivity contribution is 5.91. The van der Waals surface area contributed by atoms with Crippen LogP contribution >= 0.6 is 0 Å². The molecular weight excluding hydrogens is 256 g/mol. The van der Waals surface area contributed by atoms with Gasteiger partial charge >= 0.3 is 11.9 Å². The Morgan fingerprint density at radius 2 is 1.74 bits per heavy atom. The first-order valence-corrected chi connectivity index (χ1v) is 5.34. The van der Waals surface area contributed by atoms with E-state index >= 15 is 0 Å². The molecular formula is C11H16N2O6. The van der Waals surface area contributed by atoms with Crippen LogP contribution < -0.4 is 10.6 Å². The molecule has 0 aromatic heterocycles. The molecule has 0 aliphatic rings. The molecule has 0 saturated heterocycles. The monoisotopic (exact) mass is 272 g/mol. The van der Waals surface area contributed by atoms with Gasteiger partial charge in [-0.3, -0.25) is 9.59 Å². The second kappa shape index (κ2) is 8.67. The molecule has 0 saturated carbocycles. The predicted octanol–water partition coefficient (Wildman–Crippen LogP) is -1.14. The lowest BCUT2D eigenvalue weighted by Gasteiger charge is -2.12. The molecule has 0 bridgehead atoms. The summed E-state index contributed by atoms with van der Waals surface area (Å²) in [5.74, 6) is -2.35. The van der Waals surface area contributed by atoms with E-state index in [1.807, 2.05) is 0 Å². The van der Waals surface area contributed by atoms with E-state index in [0.717, 1.165) is 12.2 Å². The Hall–Kier alpha value is -2.38. The van der Waals surface area contributed by atoms with Crippen LogP contribution in [0.5, 0.6) is 0 Å². The van der Waals surface area contributed by atoms with Crippen LogP contribution in [0, 0.1) is 0 Å². The largest absolute Gasteiger partial charge is 0.466 e. The molecule has 0 radical (unpaired) electrons. The maximum absolute atomic E-state index is 11.4. The van der Waals surface area contributed by atoms with Crippen molar-refractivity contribution in [2.24, 2.45) is 0 Å². The lowest BCUT2D eigenvalue weighted by atomic mass is 10.3. The molecule has 0 aliphatic heterocycles. The molecule has 0 aromatic carbocycles. The van der Waals surface area contributed by atoms with Gasteiger partial charge in [-0.05, 0) is 6.92 Å². The standard InChI is InChI=1S/C11H16N2O6/c1-7(13-8(2)14)11(17)12-6-19-10(16)5-4-9(15)18-3/h4-5,7H,6H2,1-3H3,(H,12,17)(H,13,14)/b5-4+/t7-/m0/s1. The van der Waals surface area contributed by atoms with E-state index in [1.165, 1.54) is 21.0 Å². The number of hydrogen-bond donors (Lipinski definition) is 2. The zero-order chi connectivity index (χ0) is 14.8. The second-order valence-electron chi connectivity index (χ2n) is 3.43. The summed E-state index contributed by atoms with van der Waals surface area (Å²) in [5, 5.41) is 4.64. The summed E-state index contributed by atoms with van der Waals surface area (Å²) in [5.41, 5.74) is 0. The first-order valence-electron chi connectivity index (χ1n) is 5.34. The Kier molecular flexibility index (Phi) is 7.59. The molecule has 2 amide bonds. The highest BCUT2D eigenvalue weighted by Gasteiger charge is 2.13. The van der Waals surface area contributed by atoms with Gasteiger partial charge in [0.1, 0.15) is 6.04 Å². The lowest BCUT2D eigenvalue weighted by molar-refractivity contribution is -0.141. The van der Waals surface area contributed by atoms with Gasteiger partial charge < -0.3 is 20.1 Å². The SMILES string of the molecule is COC(=O)/C=C/C(=O)OCNC(=O)[C@H](C)NC(C)=O. The average molecular weight is 272 g/mol. The van der Waals surface area contributed by atoms with E-state index in [2.05, 4.69) is 20.1 Å². The van der Waals surface area contributed by atoms with Crippen molar-refractivity contribution < 1.29 is 28.7 Å². The summed E-state index contributed by atoms with van der Waals surface area (Å²) in [6, 6.07) is -0.734. The molecule has 0 unspecified atom stereocenters. The van der Waals surface area contributed by atoms with Crippen LogP contribution in [0.25, 0.3) is 0 Å². The van der Waals surface area contributed by atoms with Crippen LogP contribution in [-0.2, 0) is 28.7 Å². The van der Waals surface area contributed by atoms with Crippen LogP contribution in [0.2, 0.25) is 0 Å². The van der Waals surface area contributed by atoms with Crippen LogP contribution in [-0.4, -0.2) is 43.6 Å². The minimum Gasteiger partial charge on any atom is -0.466 e.